The van der Waals surface area contributed by atoms with Gasteiger partial charge in [0.25, 0.3) is 0 Å². The molecule has 2 aromatic carbocycles. The van der Waals surface area contributed by atoms with Crippen LogP contribution in [0.15, 0.2) is 42.5 Å². The van der Waals surface area contributed by atoms with Crippen LogP contribution in [0.1, 0.15) is 92.5 Å². The van der Waals surface area contributed by atoms with Crippen molar-refractivity contribution >= 4 is 0 Å². The molecule has 1 N–H and O–H groups in total. The van der Waals surface area contributed by atoms with Crippen LogP contribution in [0.25, 0.3) is 0 Å². The Bertz CT molecular complexity index is 731. The number of benzene rings is 2. The first-order valence-electron chi connectivity index (χ1n) is 11.8. The Morgan fingerprint density at radius 1 is 0.862 bits per heavy atom. The van der Waals surface area contributed by atoms with Crippen LogP contribution in [0.5, 0.6) is 0 Å². The predicted octanol–water partition coefficient (Wildman–Crippen LogP) is 7.56. The zero-order valence-electron chi connectivity index (χ0n) is 19.7. The lowest BCUT2D eigenvalue weighted by Crippen LogP contribution is -2.13. The summed E-state index contributed by atoms with van der Waals surface area (Å²) in [6, 6.07) is 16.1. The molecule has 0 saturated heterocycles. The fourth-order valence-corrected chi connectivity index (χ4v) is 4.83. The minimum atomic E-state index is 0.649. The molecule has 2 atom stereocenters. The Kier molecular flexibility index (Phi) is 9.94. The average molecular weight is 394 g/mol. The summed E-state index contributed by atoms with van der Waals surface area (Å²) in [4.78, 5) is 0. The summed E-state index contributed by atoms with van der Waals surface area (Å²) in [6.07, 6.45) is 7.49. The van der Waals surface area contributed by atoms with Crippen molar-refractivity contribution in [2.75, 3.05) is 13.6 Å². The molecule has 0 saturated carbocycles. The minimum Gasteiger partial charge on any atom is -0.320 e. The molecule has 2 unspecified atom stereocenters. The van der Waals surface area contributed by atoms with Crippen LogP contribution in [-0.4, -0.2) is 13.6 Å². The van der Waals surface area contributed by atoms with Crippen molar-refractivity contribution in [3.05, 3.63) is 70.3 Å². The summed E-state index contributed by atoms with van der Waals surface area (Å²) in [6.45, 7) is 12.7. The lowest BCUT2D eigenvalue weighted by molar-refractivity contribution is 0.468. The van der Waals surface area contributed by atoms with Crippen molar-refractivity contribution in [1.82, 2.24) is 5.32 Å². The largest absolute Gasteiger partial charge is 0.320 e. The smallest absolute Gasteiger partial charge is 0.00519 e. The molecule has 0 spiro atoms. The Morgan fingerprint density at radius 3 is 2.24 bits per heavy atom. The maximum absolute atomic E-state index is 3.31. The number of rotatable bonds is 12. The Labute approximate surface area is 180 Å². The van der Waals surface area contributed by atoms with E-state index < -0.39 is 0 Å². The minimum absolute atomic E-state index is 0.649. The van der Waals surface area contributed by atoms with E-state index in [1.54, 1.807) is 11.1 Å². The van der Waals surface area contributed by atoms with Crippen LogP contribution >= 0.6 is 0 Å². The number of unbranched alkanes of at least 4 members (excludes halogenated alkanes) is 1. The number of hydrogen-bond acceptors (Lipinski definition) is 1. The molecule has 0 fully saturated rings. The fraction of sp³-hybridized carbons (Fsp3) is 0.571. The predicted molar refractivity (Wildman–Crippen MR) is 129 cm³/mol. The third kappa shape index (κ3) is 6.71. The lowest BCUT2D eigenvalue weighted by atomic mass is 9.78. The highest BCUT2D eigenvalue weighted by atomic mass is 14.8. The van der Waals surface area contributed by atoms with Gasteiger partial charge in [0.2, 0.25) is 0 Å². The van der Waals surface area contributed by atoms with Gasteiger partial charge in [-0.05, 0) is 105 Å². The third-order valence-electron chi connectivity index (χ3n) is 6.79. The van der Waals surface area contributed by atoms with E-state index in [-0.39, 0.29) is 0 Å². The second-order valence-corrected chi connectivity index (χ2v) is 9.08. The fourth-order valence-electron chi connectivity index (χ4n) is 4.83. The van der Waals surface area contributed by atoms with Crippen LogP contribution in [0.4, 0.5) is 0 Å². The summed E-state index contributed by atoms with van der Waals surface area (Å²) in [5.41, 5.74) is 7.63. The Balaban J connectivity index is 2.27. The van der Waals surface area contributed by atoms with Gasteiger partial charge in [-0.2, -0.15) is 0 Å². The van der Waals surface area contributed by atoms with E-state index in [4.69, 9.17) is 0 Å². The summed E-state index contributed by atoms with van der Waals surface area (Å²) in [5.74, 6) is 1.99. The summed E-state index contributed by atoms with van der Waals surface area (Å²) < 4.78 is 0. The lowest BCUT2D eigenvalue weighted by Gasteiger charge is -2.27. The first-order valence-corrected chi connectivity index (χ1v) is 11.8. The molecule has 0 radical (unpaired) electrons. The van der Waals surface area contributed by atoms with Gasteiger partial charge in [-0.3, -0.25) is 0 Å². The molecule has 0 aliphatic carbocycles. The number of hydrogen-bond donors (Lipinski definition) is 1. The van der Waals surface area contributed by atoms with Crippen LogP contribution in [-0.2, 0) is 6.42 Å². The maximum Gasteiger partial charge on any atom is -0.00519 e. The van der Waals surface area contributed by atoms with Crippen molar-refractivity contribution in [1.29, 1.82) is 0 Å². The average Bonchev–Trinajstić information content (AvgIpc) is 2.71. The summed E-state index contributed by atoms with van der Waals surface area (Å²) in [5, 5.41) is 3.31. The van der Waals surface area contributed by atoms with E-state index in [1.165, 1.54) is 55.2 Å². The van der Waals surface area contributed by atoms with E-state index in [0.29, 0.717) is 17.8 Å². The Morgan fingerprint density at radius 2 is 1.59 bits per heavy atom. The molecule has 0 aliphatic heterocycles. The van der Waals surface area contributed by atoms with E-state index in [9.17, 15) is 0 Å². The second-order valence-electron chi connectivity index (χ2n) is 9.08. The summed E-state index contributed by atoms with van der Waals surface area (Å²) in [7, 11) is 2.06. The molecule has 0 aromatic heterocycles. The van der Waals surface area contributed by atoms with Gasteiger partial charge in [-0.15, -0.1) is 0 Å². The van der Waals surface area contributed by atoms with Crippen LogP contribution in [0, 0.1) is 19.8 Å². The molecular formula is C28H43N. The highest BCUT2D eigenvalue weighted by Gasteiger charge is 2.22. The molecule has 160 valence electrons. The zero-order chi connectivity index (χ0) is 21.2. The van der Waals surface area contributed by atoms with Gasteiger partial charge in [-0.1, -0.05) is 69.7 Å². The molecule has 2 aromatic rings. The molecule has 0 bridgehead atoms. The molecule has 0 amide bonds. The van der Waals surface area contributed by atoms with Crippen molar-refractivity contribution in [2.45, 2.75) is 85.0 Å². The quantitative estimate of drug-likeness (QED) is 0.367. The van der Waals surface area contributed by atoms with Crippen LogP contribution in [0.3, 0.4) is 0 Å². The normalized spacial score (nSPS) is 13.6. The second kappa shape index (κ2) is 12.2. The van der Waals surface area contributed by atoms with Gasteiger partial charge in [0, 0.05) is 0 Å². The monoisotopic (exact) mass is 393 g/mol. The van der Waals surface area contributed by atoms with Gasteiger partial charge < -0.3 is 5.32 Å². The first-order chi connectivity index (χ1) is 14.0. The third-order valence-corrected chi connectivity index (χ3v) is 6.79. The van der Waals surface area contributed by atoms with Crippen molar-refractivity contribution in [2.24, 2.45) is 5.92 Å². The standard InChI is InChI=1S/C28H43N/c1-7-26(21(2)3)28-17-9-8-16-27(28)25(14-10-11-20-29-6)19-18-24-15-12-13-22(4)23(24)5/h8-9,12-13,15-17,21,25-26,29H,7,10-11,14,18-20H2,1-6H3. The molecule has 0 aliphatic rings. The van der Waals surface area contributed by atoms with Gasteiger partial charge >= 0.3 is 0 Å². The highest BCUT2D eigenvalue weighted by Crippen LogP contribution is 2.37. The van der Waals surface area contributed by atoms with Crippen LogP contribution < -0.4 is 5.32 Å². The van der Waals surface area contributed by atoms with E-state index in [0.717, 1.165) is 6.54 Å². The molecule has 29 heavy (non-hydrogen) atoms. The van der Waals surface area contributed by atoms with Crippen molar-refractivity contribution < 1.29 is 0 Å². The molecule has 1 heteroatoms. The topological polar surface area (TPSA) is 12.0 Å². The van der Waals surface area contributed by atoms with Gasteiger partial charge in [-0.25, -0.2) is 0 Å². The maximum atomic E-state index is 3.31. The van der Waals surface area contributed by atoms with E-state index in [2.05, 4.69) is 89.4 Å². The SMILES string of the molecule is CCC(c1ccccc1C(CCCCNC)CCc1cccc(C)c1C)C(C)C. The highest BCUT2D eigenvalue weighted by molar-refractivity contribution is 5.36. The number of aryl methyl sites for hydroxylation is 2. The summed E-state index contributed by atoms with van der Waals surface area (Å²) >= 11 is 0. The van der Waals surface area contributed by atoms with Gasteiger partial charge in [0.05, 0.1) is 0 Å². The van der Waals surface area contributed by atoms with Gasteiger partial charge in [0.15, 0.2) is 0 Å². The molecule has 1 nitrogen and oxygen atoms in total. The van der Waals surface area contributed by atoms with E-state index in [1.807, 2.05) is 0 Å². The number of nitrogens with one attached hydrogen (secondary N) is 1. The Hall–Kier alpha value is -1.60. The first kappa shape index (κ1) is 23.7. The van der Waals surface area contributed by atoms with Gasteiger partial charge in [0.1, 0.15) is 0 Å². The molecule has 0 heterocycles. The molecular weight excluding hydrogens is 350 g/mol. The van der Waals surface area contributed by atoms with E-state index >= 15 is 0 Å². The van der Waals surface area contributed by atoms with Crippen molar-refractivity contribution in [3.63, 3.8) is 0 Å². The zero-order valence-corrected chi connectivity index (χ0v) is 19.7. The molecule has 2 rings (SSSR count). The van der Waals surface area contributed by atoms with Crippen LogP contribution in [0.2, 0.25) is 0 Å². The van der Waals surface area contributed by atoms with Crippen molar-refractivity contribution in [3.8, 4) is 0 Å².